The first-order valence-electron chi connectivity index (χ1n) is 8.98. The number of nitrogens with one attached hydrogen (secondary N) is 2. The van der Waals surface area contributed by atoms with Crippen molar-refractivity contribution in [2.24, 2.45) is 4.99 Å². The number of hydrogen-bond acceptors (Lipinski definition) is 5. The average molecular weight is 467 g/mol. The number of amides is 1. The maximum Gasteiger partial charge on any atom is 0.268 e. The van der Waals surface area contributed by atoms with Gasteiger partial charge < -0.3 is 14.8 Å². The van der Waals surface area contributed by atoms with Gasteiger partial charge in [0.05, 0.1) is 17.8 Å². The van der Waals surface area contributed by atoms with Gasteiger partial charge >= 0.3 is 0 Å². The summed E-state index contributed by atoms with van der Waals surface area (Å²) in [7, 11) is 0. The van der Waals surface area contributed by atoms with Gasteiger partial charge in [0.15, 0.2) is 5.78 Å². The van der Waals surface area contributed by atoms with Crippen molar-refractivity contribution in [1.82, 2.24) is 15.5 Å². The summed E-state index contributed by atoms with van der Waals surface area (Å²) in [4.78, 5) is 32.3. The number of nitrogens with zero attached hydrogens (tertiary/aromatic N) is 2. The highest BCUT2D eigenvalue weighted by atomic mass is 79.9. The number of aryl methyl sites for hydroxylation is 1. The molecule has 1 amide bonds. The standard InChI is InChI=1S/C22H19BrN4O3/c1-4-17(24-5-2)12-26-22(29)18-10-15(11-25-18)21(28)19-13(3)30-27-20(19)14-6-8-16(23)9-7-14/h4-11,25H,1-2,12H2,3H3,(H,26,29). The lowest BCUT2D eigenvalue weighted by atomic mass is 9.99. The number of ketones is 1. The lowest BCUT2D eigenvalue weighted by molar-refractivity contribution is 0.0955. The molecule has 0 atom stereocenters. The van der Waals surface area contributed by atoms with E-state index in [-0.39, 0.29) is 23.9 Å². The minimum absolute atomic E-state index is 0.190. The predicted molar refractivity (Wildman–Crippen MR) is 119 cm³/mol. The van der Waals surface area contributed by atoms with Crippen LogP contribution in [0, 0.1) is 6.92 Å². The second kappa shape index (κ2) is 9.32. The van der Waals surface area contributed by atoms with Crippen molar-refractivity contribution in [3.05, 3.63) is 89.0 Å². The first kappa shape index (κ1) is 21.2. The van der Waals surface area contributed by atoms with E-state index >= 15 is 0 Å². The van der Waals surface area contributed by atoms with E-state index in [2.05, 4.69) is 49.5 Å². The molecule has 0 aliphatic rings. The number of H-pyrrole nitrogens is 1. The second-order valence-electron chi connectivity index (χ2n) is 6.29. The first-order valence-corrected chi connectivity index (χ1v) is 9.77. The number of aromatic amines is 1. The summed E-state index contributed by atoms with van der Waals surface area (Å²) in [6, 6.07) is 8.90. The quantitative estimate of drug-likeness (QED) is 0.377. The van der Waals surface area contributed by atoms with Gasteiger partial charge in [-0.25, -0.2) is 0 Å². The van der Waals surface area contributed by atoms with Crippen molar-refractivity contribution >= 4 is 33.3 Å². The zero-order chi connectivity index (χ0) is 21.7. The molecule has 1 aromatic carbocycles. The Kier molecular flexibility index (Phi) is 6.58. The lowest BCUT2D eigenvalue weighted by Gasteiger charge is -2.03. The molecule has 0 fully saturated rings. The van der Waals surface area contributed by atoms with Crippen LogP contribution in [0.2, 0.25) is 0 Å². The molecule has 0 bridgehead atoms. The molecule has 2 N–H and O–H groups in total. The molecule has 2 aromatic heterocycles. The highest BCUT2D eigenvalue weighted by Gasteiger charge is 2.24. The lowest BCUT2D eigenvalue weighted by Crippen LogP contribution is -2.28. The fourth-order valence-electron chi connectivity index (χ4n) is 2.80. The minimum atomic E-state index is -0.372. The number of carbonyl (C=O) groups is 2. The van der Waals surface area contributed by atoms with E-state index in [0.717, 1.165) is 10.0 Å². The predicted octanol–water partition coefficient (Wildman–Crippen LogP) is 4.47. The van der Waals surface area contributed by atoms with Crippen LogP contribution in [-0.2, 0) is 0 Å². The third-order valence-corrected chi connectivity index (χ3v) is 4.85. The van der Waals surface area contributed by atoms with Gasteiger partial charge in [-0.15, -0.1) is 0 Å². The van der Waals surface area contributed by atoms with Crippen LogP contribution in [0.3, 0.4) is 0 Å². The summed E-state index contributed by atoms with van der Waals surface area (Å²) in [5.74, 6) is -0.258. The van der Waals surface area contributed by atoms with Crippen molar-refractivity contribution in [3.8, 4) is 11.3 Å². The van der Waals surface area contributed by atoms with Gasteiger partial charge in [0.1, 0.15) is 17.1 Å². The Bertz CT molecular complexity index is 1140. The molecule has 0 saturated heterocycles. The average Bonchev–Trinajstić information content (AvgIpc) is 3.38. The van der Waals surface area contributed by atoms with E-state index in [1.54, 1.807) is 6.92 Å². The Hall–Kier alpha value is -3.52. The van der Waals surface area contributed by atoms with Gasteiger partial charge in [0.25, 0.3) is 5.91 Å². The summed E-state index contributed by atoms with van der Waals surface area (Å²) in [5.41, 5.74) is 2.71. The molecule has 7 nitrogen and oxygen atoms in total. The van der Waals surface area contributed by atoms with E-state index in [1.165, 1.54) is 24.5 Å². The Balaban J connectivity index is 1.82. The number of benzene rings is 1. The van der Waals surface area contributed by atoms with Gasteiger partial charge in [0.2, 0.25) is 0 Å². The van der Waals surface area contributed by atoms with Crippen molar-refractivity contribution in [2.45, 2.75) is 6.92 Å². The molecule has 0 spiro atoms. The van der Waals surface area contributed by atoms with E-state index in [0.29, 0.717) is 28.3 Å². The van der Waals surface area contributed by atoms with Crippen LogP contribution < -0.4 is 5.32 Å². The monoisotopic (exact) mass is 466 g/mol. The second-order valence-corrected chi connectivity index (χ2v) is 7.21. The SMILES string of the molecule is C=CN=C(C=C)CNC(=O)c1cc(C(=O)c2c(-c3ccc(Br)cc3)noc2C)c[nH]1. The molecule has 0 radical (unpaired) electrons. The molecule has 0 unspecified atom stereocenters. The van der Waals surface area contributed by atoms with Crippen LogP contribution in [0.15, 0.2) is 76.0 Å². The van der Waals surface area contributed by atoms with E-state index in [1.807, 2.05) is 24.3 Å². The molecule has 30 heavy (non-hydrogen) atoms. The summed E-state index contributed by atoms with van der Waals surface area (Å²) >= 11 is 3.39. The molecule has 8 heteroatoms. The topological polar surface area (TPSA) is 100 Å². The van der Waals surface area contributed by atoms with Gasteiger partial charge in [-0.2, -0.15) is 0 Å². The highest BCUT2D eigenvalue weighted by molar-refractivity contribution is 9.10. The van der Waals surface area contributed by atoms with Crippen molar-refractivity contribution in [1.29, 1.82) is 0 Å². The number of aliphatic imine (C=N–C) groups is 1. The molecule has 0 aliphatic heterocycles. The fourth-order valence-corrected chi connectivity index (χ4v) is 3.06. The first-order chi connectivity index (χ1) is 14.4. The molecule has 3 rings (SSSR count). The smallest absolute Gasteiger partial charge is 0.268 e. The van der Waals surface area contributed by atoms with E-state index in [4.69, 9.17) is 4.52 Å². The number of rotatable bonds is 8. The van der Waals surface area contributed by atoms with Crippen LogP contribution in [0.5, 0.6) is 0 Å². The van der Waals surface area contributed by atoms with Crippen LogP contribution in [-0.4, -0.2) is 34.1 Å². The van der Waals surface area contributed by atoms with Crippen LogP contribution in [0.1, 0.15) is 32.2 Å². The summed E-state index contributed by atoms with van der Waals surface area (Å²) in [6.07, 6.45) is 4.39. The van der Waals surface area contributed by atoms with Crippen LogP contribution in [0.4, 0.5) is 0 Å². The Morgan fingerprint density at radius 1 is 1.30 bits per heavy atom. The molecular weight excluding hydrogens is 448 g/mol. The highest BCUT2D eigenvalue weighted by Crippen LogP contribution is 2.28. The number of hydrogen-bond donors (Lipinski definition) is 2. The van der Waals surface area contributed by atoms with Crippen molar-refractivity contribution < 1.29 is 14.1 Å². The molecule has 0 saturated carbocycles. The maximum absolute atomic E-state index is 13.1. The third kappa shape index (κ3) is 4.55. The number of aromatic nitrogens is 2. The van der Waals surface area contributed by atoms with E-state index < -0.39 is 0 Å². The van der Waals surface area contributed by atoms with Crippen LogP contribution >= 0.6 is 15.9 Å². The number of carbonyl (C=O) groups excluding carboxylic acids is 2. The maximum atomic E-state index is 13.1. The van der Waals surface area contributed by atoms with Gasteiger partial charge in [0, 0.05) is 28.0 Å². The minimum Gasteiger partial charge on any atom is -0.360 e. The zero-order valence-electron chi connectivity index (χ0n) is 16.2. The molecule has 2 heterocycles. The zero-order valence-corrected chi connectivity index (χ0v) is 17.8. The third-order valence-electron chi connectivity index (χ3n) is 4.32. The molecule has 152 valence electrons. The molecule has 3 aromatic rings. The van der Waals surface area contributed by atoms with Crippen LogP contribution in [0.25, 0.3) is 11.3 Å². The Morgan fingerprint density at radius 3 is 2.70 bits per heavy atom. The van der Waals surface area contributed by atoms with Gasteiger partial charge in [-0.3, -0.25) is 14.6 Å². The van der Waals surface area contributed by atoms with Crippen molar-refractivity contribution in [3.63, 3.8) is 0 Å². The summed E-state index contributed by atoms with van der Waals surface area (Å²) in [5, 5.41) is 6.76. The van der Waals surface area contributed by atoms with Gasteiger partial charge in [-0.05, 0) is 31.2 Å². The van der Waals surface area contributed by atoms with Crippen molar-refractivity contribution in [2.75, 3.05) is 6.54 Å². The molecule has 0 aliphatic carbocycles. The van der Waals surface area contributed by atoms with E-state index in [9.17, 15) is 9.59 Å². The number of halogens is 1. The summed E-state index contributed by atoms with van der Waals surface area (Å²) < 4.78 is 6.19. The summed E-state index contributed by atoms with van der Waals surface area (Å²) in [6.45, 7) is 9.02. The molecular formula is C22H19BrN4O3. The normalized spacial score (nSPS) is 11.2. The Labute approximate surface area is 181 Å². The Morgan fingerprint density at radius 2 is 2.03 bits per heavy atom. The largest absolute Gasteiger partial charge is 0.360 e. The fraction of sp³-hybridized carbons (Fsp3) is 0.0909. The van der Waals surface area contributed by atoms with Gasteiger partial charge in [-0.1, -0.05) is 46.4 Å².